The quantitative estimate of drug-likeness (QED) is 0.233. The molecule has 5 aromatic heterocycles. The van der Waals surface area contributed by atoms with Gasteiger partial charge in [0.2, 0.25) is 0 Å². The molecule has 0 bridgehead atoms. The molecule has 208 valence electrons. The normalized spacial score (nSPS) is 12.8. The number of anilines is 1. The third-order valence-electron chi connectivity index (χ3n) is 7.32. The van der Waals surface area contributed by atoms with Crippen LogP contribution in [0, 0.1) is 12.3 Å². The topological polar surface area (TPSA) is 131 Å². The minimum absolute atomic E-state index is 0.00549. The van der Waals surface area contributed by atoms with Gasteiger partial charge in [0.05, 0.1) is 29.7 Å². The number of ether oxygens (including phenoxy) is 1. The molecule has 0 saturated heterocycles. The van der Waals surface area contributed by atoms with E-state index in [0.717, 1.165) is 47.3 Å². The fourth-order valence-corrected chi connectivity index (χ4v) is 6.61. The molecular formula is C30H28N6O4S. The molecule has 5 heterocycles. The molecule has 0 saturated carbocycles. The number of aromatic nitrogens is 4. The van der Waals surface area contributed by atoms with Gasteiger partial charge in [0.1, 0.15) is 21.8 Å². The van der Waals surface area contributed by atoms with Crippen LogP contribution in [0.25, 0.3) is 16.7 Å². The van der Waals surface area contributed by atoms with E-state index in [0.29, 0.717) is 21.9 Å². The number of carbonyl (C=O) groups is 2. The first-order valence-corrected chi connectivity index (χ1v) is 14.3. The van der Waals surface area contributed by atoms with Gasteiger partial charge in [0.15, 0.2) is 0 Å². The molecule has 5 aromatic rings. The molecule has 6 rings (SSSR count). The number of nitrogens with one attached hydrogen (secondary N) is 2. The summed E-state index contributed by atoms with van der Waals surface area (Å²) in [5, 5.41) is 12.6. The molecule has 0 spiro atoms. The summed E-state index contributed by atoms with van der Waals surface area (Å²) >= 11 is 1.37. The molecular weight excluding hydrogens is 540 g/mol. The van der Waals surface area contributed by atoms with Crippen LogP contribution in [0.5, 0.6) is 0 Å². The zero-order valence-corrected chi connectivity index (χ0v) is 23.5. The van der Waals surface area contributed by atoms with Crippen molar-refractivity contribution in [1.82, 2.24) is 18.9 Å². The molecule has 1 aliphatic rings. The van der Waals surface area contributed by atoms with Gasteiger partial charge >= 0.3 is 5.97 Å². The minimum atomic E-state index is -0.588. The summed E-state index contributed by atoms with van der Waals surface area (Å²) in [5.41, 5.74) is 3.22. The first kappa shape index (κ1) is 26.6. The second-order valence-electron chi connectivity index (χ2n) is 9.98. The van der Waals surface area contributed by atoms with Gasteiger partial charge in [0, 0.05) is 23.5 Å². The third kappa shape index (κ3) is 4.71. The van der Waals surface area contributed by atoms with E-state index in [-0.39, 0.29) is 35.1 Å². The van der Waals surface area contributed by atoms with Gasteiger partial charge in [-0.05, 0) is 74.4 Å². The van der Waals surface area contributed by atoms with Crippen molar-refractivity contribution >= 4 is 44.9 Å². The van der Waals surface area contributed by atoms with Crippen molar-refractivity contribution in [1.29, 1.82) is 5.41 Å². The van der Waals surface area contributed by atoms with Crippen LogP contribution in [0.2, 0.25) is 0 Å². The van der Waals surface area contributed by atoms with E-state index >= 15 is 0 Å². The van der Waals surface area contributed by atoms with Gasteiger partial charge < -0.3 is 14.6 Å². The highest BCUT2D eigenvalue weighted by molar-refractivity contribution is 7.17. The van der Waals surface area contributed by atoms with E-state index in [4.69, 9.17) is 15.1 Å². The Balaban J connectivity index is 1.53. The lowest BCUT2D eigenvalue weighted by Gasteiger charge is -2.15. The highest BCUT2D eigenvalue weighted by Crippen LogP contribution is 2.38. The number of fused-ring (bicyclic) bond motifs is 3. The van der Waals surface area contributed by atoms with E-state index in [1.807, 2.05) is 19.1 Å². The summed E-state index contributed by atoms with van der Waals surface area (Å²) in [5.74, 6) is -1.06. The van der Waals surface area contributed by atoms with Gasteiger partial charge in [-0.15, -0.1) is 11.3 Å². The number of nitrogens with zero attached hydrogens (tertiary/aromatic N) is 4. The second-order valence-corrected chi connectivity index (χ2v) is 11.1. The lowest BCUT2D eigenvalue weighted by molar-refractivity contribution is 0.0526. The van der Waals surface area contributed by atoms with Crippen molar-refractivity contribution in [3.63, 3.8) is 0 Å². The summed E-state index contributed by atoms with van der Waals surface area (Å²) in [6, 6.07) is 8.70. The number of carbonyl (C=O) groups excluding carboxylic acids is 2. The SMILES string of the molecule is CCOC(=O)c1c(NC(=O)c2cc3c(=O)n4cccc(C)c4nc3n(Cc3cccnc3)c2=N)sc2c1CCCC2. The number of rotatable bonds is 6. The molecule has 0 atom stereocenters. The van der Waals surface area contributed by atoms with E-state index in [2.05, 4.69) is 10.3 Å². The smallest absolute Gasteiger partial charge is 0.341 e. The maximum atomic E-state index is 13.8. The Bertz CT molecular complexity index is 1960. The minimum Gasteiger partial charge on any atom is -0.462 e. The van der Waals surface area contributed by atoms with Gasteiger partial charge in [-0.2, -0.15) is 0 Å². The molecule has 41 heavy (non-hydrogen) atoms. The second kappa shape index (κ2) is 10.7. The fraction of sp³-hybridized carbons (Fsp3) is 0.267. The van der Waals surface area contributed by atoms with Gasteiger partial charge in [-0.3, -0.25) is 24.4 Å². The van der Waals surface area contributed by atoms with Crippen molar-refractivity contribution in [2.45, 2.75) is 46.1 Å². The van der Waals surface area contributed by atoms with Crippen LogP contribution in [0.15, 0.2) is 53.7 Å². The molecule has 10 nitrogen and oxygen atoms in total. The number of hydrogen-bond acceptors (Lipinski definition) is 8. The van der Waals surface area contributed by atoms with Crippen LogP contribution in [-0.2, 0) is 24.1 Å². The zero-order valence-electron chi connectivity index (χ0n) is 22.7. The van der Waals surface area contributed by atoms with E-state index < -0.39 is 11.9 Å². The summed E-state index contributed by atoms with van der Waals surface area (Å²) in [7, 11) is 0. The van der Waals surface area contributed by atoms with Crippen molar-refractivity contribution in [2.75, 3.05) is 11.9 Å². The van der Waals surface area contributed by atoms with Crippen LogP contribution < -0.4 is 16.4 Å². The number of hydrogen-bond donors (Lipinski definition) is 2. The van der Waals surface area contributed by atoms with Crippen molar-refractivity contribution in [2.24, 2.45) is 0 Å². The molecule has 2 N–H and O–H groups in total. The van der Waals surface area contributed by atoms with Gasteiger partial charge in [0.25, 0.3) is 11.5 Å². The molecule has 0 fully saturated rings. The average Bonchev–Trinajstić information content (AvgIpc) is 3.33. The predicted molar refractivity (Wildman–Crippen MR) is 156 cm³/mol. The van der Waals surface area contributed by atoms with E-state index in [9.17, 15) is 14.4 Å². The van der Waals surface area contributed by atoms with E-state index in [1.54, 1.807) is 42.2 Å². The average molecular weight is 569 g/mol. The Labute approximate surface area is 238 Å². The standard InChI is InChI=1S/C30H28N6O4S/c1-3-40-30(39)23-19-10-4-5-11-22(19)41-28(23)34-27(37)20-14-21-26(33-25-17(2)8-7-13-35(25)29(21)38)36(24(20)31)16-18-9-6-12-32-15-18/h6-9,12-15,31H,3-5,10-11,16H2,1-2H3,(H,34,37). The first-order valence-electron chi connectivity index (χ1n) is 13.5. The summed E-state index contributed by atoms with van der Waals surface area (Å²) in [6.45, 7) is 4.01. The Morgan fingerprint density at radius 2 is 2.00 bits per heavy atom. The number of esters is 1. The Morgan fingerprint density at radius 1 is 1.17 bits per heavy atom. The van der Waals surface area contributed by atoms with Crippen LogP contribution in [0.4, 0.5) is 5.00 Å². The Morgan fingerprint density at radius 3 is 2.78 bits per heavy atom. The summed E-state index contributed by atoms with van der Waals surface area (Å²) < 4.78 is 8.33. The third-order valence-corrected chi connectivity index (χ3v) is 8.53. The van der Waals surface area contributed by atoms with Crippen LogP contribution in [0.1, 0.15) is 62.0 Å². The van der Waals surface area contributed by atoms with Crippen LogP contribution in [0.3, 0.4) is 0 Å². The Kier molecular flexibility index (Phi) is 6.96. The summed E-state index contributed by atoms with van der Waals surface area (Å²) in [6.07, 6.45) is 8.52. The Hall–Kier alpha value is -4.64. The fourth-order valence-electron chi connectivity index (χ4n) is 5.34. The van der Waals surface area contributed by atoms with Crippen molar-refractivity contribution < 1.29 is 14.3 Å². The summed E-state index contributed by atoms with van der Waals surface area (Å²) in [4.78, 5) is 50.5. The number of aryl methyl sites for hydroxylation is 2. The molecule has 1 aliphatic carbocycles. The van der Waals surface area contributed by atoms with Crippen LogP contribution in [-0.4, -0.2) is 37.4 Å². The van der Waals surface area contributed by atoms with Crippen molar-refractivity contribution in [3.05, 3.63) is 97.5 Å². The molecule has 1 amide bonds. The monoisotopic (exact) mass is 568 g/mol. The largest absolute Gasteiger partial charge is 0.462 e. The highest BCUT2D eigenvalue weighted by Gasteiger charge is 2.28. The predicted octanol–water partition coefficient (Wildman–Crippen LogP) is 4.25. The molecule has 0 aliphatic heterocycles. The van der Waals surface area contributed by atoms with Gasteiger partial charge in [-0.25, -0.2) is 9.78 Å². The first-order chi connectivity index (χ1) is 19.9. The lowest BCUT2D eigenvalue weighted by atomic mass is 9.95. The van der Waals surface area contributed by atoms with Crippen LogP contribution >= 0.6 is 11.3 Å². The molecule has 0 unspecified atom stereocenters. The molecule has 0 aromatic carbocycles. The number of pyridine rings is 3. The van der Waals surface area contributed by atoms with Crippen molar-refractivity contribution in [3.8, 4) is 0 Å². The maximum absolute atomic E-state index is 13.8. The molecule has 11 heteroatoms. The zero-order chi connectivity index (χ0) is 28.7. The highest BCUT2D eigenvalue weighted by atomic mass is 32.1. The maximum Gasteiger partial charge on any atom is 0.341 e. The molecule has 0 radical (unpaired) electrons. The van der Waals surface area contributed by atoms with Gasteiger partial charge in [-0.1, -0.05) is 12.1 Å². The number of thiophene rings is 1. The lowest BCUT2D eigenvalue weighted by Crippen LogP contribution is -2.32. The van der Waals surface area contributed by atoms with E-state index in [1.165, 1.54) is 21.8 Å². The number of amides is 1.